The second kappa shape index (κ2) is 10.9. The van der Waals surface area contributed by atoms with Gasteiger partial charge in [-0.2, -0.15) is 9.41 Å². The molecule has 0 aromatic heterocycles. The molecule has 0 aliphatic carbocycles. The van der Waals surface area contributed by atoms with Gasteiger partial charge in [0.05, 0.1) is 31.9 Å². The van der Waals surface area contributed by atoms with E-state index in [1.807, 2.05) is 4.90 Å². The van der Waals surface area contributed by atoms with Crippen molar-refractivity contribution in [3.63, 3.8) is 0 Å². The Bertz CT molecular complexity index is 1070. The monoisotopic (exact) mass is 524 g/mol. The standard InChI is InChI=1S/C21H25BrN4O5S/c1-30-19-8-3-16(13-20(19)31-2)14-23-24-21(27)15-25-9-11-26(12-10-25)32(28,29)18-6-4-17(22)5-7-18/h3-8,13-14H,9-12,15H2,1-2H3,(H,24,27). The molecule has 11 heteroatoms. The third kappa shape index (κ3) is 6.06. The van der Waals surface area contributed by atoms with Gasteiger partial charge in [0.2, 0.25) is 10.0 Å². The molecule has 1 fully saturated rings. The summed E-state index contributed by atoms with van der Waals surface area (Å²) in [6, 6.07) is 11.9. The van der Waals surface area contributed by atoms with Gasteiger partial charge >= 0.3 is 0 Å². The fraction of sp³-hybridized carbons (Fsp3) is 0.333. The predicted octanol–water partition coefficient (Wildman–Crippen LogP) is 1.92. The number of amides is 1. The van der Waals surface area contributed by atoms with Crippen LogP contribution in [0.15, 0.2) is 56.9 Å². The normalized spacial score (nSPS) is 15.6. The van der Waals surface area contributed by atoms with Crippen molar-refractivity contribution in [2.75, 3.05) is 46.9 Å². The molecule has 32 heavy (non-hydrogen) atoms. The smallest absolute Gasteiger partial charge is 0.254 e. The Labute approximate surface area is 196 Å². The summed E-state index contributed by atoms with van der Waals surface area (Å²) in [6.07, 6.45) is 1.52. The van der Waals surface area contributed by atoms with Gasteiger partial charge in [-0.05, 0) is 48.0 Å². The first-order valence-corrected chi connectivity index (χ1v) is 12.1. The van der Waals surface area contributed by atoms with E-state index in [9.17, 15) is 13.2 Å². The number of hydrogen-bond donors (Lipinski definition) is 1. The van der Waals surface area contributed by atoms with E-state index >= 15 is 0 Å². The van der Waals surface area contributed by atoms with E-state index in [-0.39, 0.29) is 17.3 Å². The Morgan fingerprint density at radius 3 is 2.34 bits per heavy atom. The highest BCUT2D eigenvalue weighted by Gasteiger charge is 2.28. The summed E-state index contributed by atoms with van der Waals surface area (Å²) in [7, 11) is -0.440. The minimum absolute atomic E-state index is 0.134. The number of halogens is 1. The lowest BCUT2D eigenvalue weighted by Crippen LogP contribution is -2.50. The molecule has 0 spiro atoms. The summed E-state index contributed by atoms with van der Waals surface area (Å²) in [6.45, 7) is 1.70. The Hall–Kier alpha value is -2.47. The summed E-state index contributed by atoms with van der Waals surface area (Å²) in [5.74, 6) is 0.902. The molecule has 3 rings (SSSR count). The number of carbonyl (C=O) groups is 1. The average Bonchev–Trinajstić information content (AvgIpc) is 2.79. The molecule has 1 aliphatic rings. The van der Waals surface area contributed by atoms with Gasteiger partial charge in [-0.1, -0.05) is 15.9 Å². The van der Waals surface area contributed by atoms with Crippen LogP contribution < -0.4 is 14.9 Å². The SMILES string of the molecule is COc1ccc(C=NNC(=O)CN2CCN(S(=O)(=O)c3ccc(Br)cc3)CC2)cc1OC. The number of ether oxygens (including phenoxy) is 2. The molecule has 172 valence electrons. The van der Waals surface area contributed by atoms with Crippen molar-refractivity contribution in [2.45, 2.75) is 4.90 Å². The van der Waals surface area contributed by atoms with Crippen LogP contribution in [0.2, 0.25) is 0 Å². The van der Waals surface area contributed by atoms with Gasteiger partial charge < -0.3 is 9.47 Å². The summed E-state index contributed by atoms with van der Waals surface area (Å²) in [5, 5.41) is 3.98. The van der Waals surface area contributed by atoms with E-state index in [0.29, 0.717) is 37.7 Å². The van der Waals surface area contributed by atoms with E-state index in [0.717, 1.165) is 10.0 Å². The lowest BCUT2D eigenvalue weighted by atomic mass is 10.2. The molecule has 1 saturated heterocycles. The van der Waals surface area contributed by atoms with Gasteiger partial charge in [0.25, 0.3) is 5.91 Å². The number of rotatable bonds is 8. The van der Waals surface area contributed by atoms with E-state index < -0.39 is 10.0 Å². The van der Waals surface area contributed by atoms with Crippen LogP contribution in [-0.4, -0.2) is 76.7 Å². The second-order valence-electron chi connectivity index (χ2n) is 7.04. The maximum absolute atomic E-state index is 12.8. The fourth-order valence-electron chi connectivity index (χ4n) is 3.23. The zero-order valence-corrected chi connectivity index (χ0v) is 20.2. The van der Waals surface area contributed by atoms with Gasteiger partial charge in [0.15, 0.2) is 11.5 Å². The van der Waals surface area contributed by atoms with Gasteiger partial charge in [-0.3, -0.25) is 9.69 Å². The zero-order chi connectivity index (χ0) is 23.1. The Kier molecular flexibility index (Phi) is 8.24. The van der Waals surface area contributed by atoms with Crippen LogP contribution in [-0.2, 0) is 14.8 Å². The number of nitrogens with one attached hydrogen (secondary N) is 1. The van der Waals surface area contributed by atoms with Crippen molar-refractivity contribution in [3.05, 3.63) is 52.5 Å². The van der Waals surface area contributed by atoms with Crippen molar-refractivity contribution in [1.29, 1.82) is 0 Å². The highest BCUT2D eigenvalue weighted by atomic mass is 79.9. The van der Waals surface area contributed by atoms with Crippen LogP contribution in [0, 0.1) is 0 Å². The molecule has 0 unspecified atom stereocenters. The van der Waals surface area contributed by atoms with Crippen LogP contribution in [0.25, 0.3) is 0 Å². The molecule has 2 aromatic rings. The van der Waals surface area contributed by atoms with Gasteiger partial charge in [0, 0.05) is 30.7 Å². The predicted molar refractivity (Wildman–Crippen MR) is 125 cm³/mol. The molecule has 1 aliphatic heterocycles. The van der Waals surface area contributed by atoms with E-state index in [2.05, 4.69) is 26.5 Å². The van der Waals surface area contributed by atoms with Crippen molar-refractivity contribution < 1.29 is 22.7 Å². The minimum atomic E-state index is -3.54. The van der Waals surface area contributed by atoms with Gasteiger partial charge in [-0.15, -0.1) is 0 Å². The molecule has 2 aromatic carbocycles. The Balaban J connectivity index is 1.48. The molecule has 1 amide bonds. The number of methoxy groups -OCH3 is 2. The number of hydrogen-bond acceptors (Lipinski definition) is 7. The maximum atomic E-state index is 12.8. The van der Waals surface area contributed by atoms with Crippen molar-refractivity contribution >= 4 is 38.1 Å². The van der Waals surface area contributed by atoms with Crippen LogP contribution in [0.5, 0.6) is 11.5 Å². The van der Waals surface area contributed by atoms with Crippen molar-refractivity contribution in [2.24, 2.45) is 5.10 Å². The highest BCUT2D eigenvalue weighted by Crippen LogP contribution is 2.26. The molecule has 9 nitrogen and oxygen atoms in total. The number of benzene rings is 2. The largest absolute Gasteiger partial charge is 0.493 e. The first-order valence-electron chi connectivity index (χ1n) is 9.85. The molecule has 0 saturated carbocycles. The van der Waals surface area contributed by atoms with Crippen LogP contribution in [0.4, 0.5) is 0 Å². The van der Waals surface area contributed by atoms with Crippen molar-refractivity contribution in [1.82, 2.24) is 14.6 Å². The van der Waals surface area contributed by atoms with Gasteiger partial charge in [0.1, 0.15) is 0 Å². The Morgan fingerprint density at radius 2 is 1.72 bits per heavy atom. The second-order valence-corrected chi connectivity index (χ2v) is 9.90. The third-order valence-corrected chi connectivity index (χ3v) is 7.40. The lowest BCUT2D eigenvalue weighted by Gasteiger charge is -2.33. The number of sulfonamides is 1. The highest BCUT2D eigenvalue weighted by molar-refractivity contribution is 9.10. The first-order chi connectivity index (χ1) is 15.3. The molecule has 1 N–H and O–H groups in total. The maximum Gasteiger partial charge on any atom is 0.254 e. The molecular weight excluding hydrogens is 500 g/mol. The average molecular weight is 525 g/mol. The van der Waals surface area contributed by atoms with Gasteiger partial charge in [-0.25, -0.2) is 13.8 Å². The van der Waals surface area contributed by atoms with E-state index in [1.165, 1.54) is 10.5 Å². The number of carbonyl (C=O) groups excluding carboxylic acids is 1. The summed E-state index contributed by atoms with van der Waals surface area (Å²) >= 11 is 3.31. The quantitative estimate of drug-likeness (QED) is 0.418. The number of hydrazone groups is 1. The molecule has 1 heterocycles. The third-order valence-electron chi connectivity index (χ3n) is 4.96. The topological polar surface area (TPSA) is 101 Å². The lowest BCUT2D eigenvalue weighted by molar-refractivity contribution is -0.122. The van der Waals surface area contributed by atoms with Crippen LogP contribution in [0.1, 0.15) is 5.56 Å². The van der Waals surface area contributed by atoms with E-state index in [1.54, 1.807) is 56.7 Å². The molecule has 0 radical (unpaired) electrons. The molecule has 0 bridgehead atoms. The summed E-state index contributed by atoms with van der Waals surface area (Å²) < 4.78 is 38.2. The molecular formula is C21H25BrN4O5S. The summed E-state index contributed by atoms with van der Waals surface area (Å²) in [4.78, 5) is 14.4. The number of nitrogens with zero attached hydrogens (tertiary/aromatic N) is 3. The zero-order valence-electron chi connectivity index (χ0n) is 17.8. The summed E-state index contributed by atoms with van der Waals surface area (Å²) in [5.41, 5.74) is 3.24. The Morgan fingerprint density at radius 1 is 1.06 bits per heavy atom. The minimum Gasteiger partial charge on any atom is -0.493 e. The van der Waals surface area contributed by atoms with E-state index in [4.69, 9.17) is 9.47 Å². The fourth-order valence-corrected chi connectivity index (χ4v) is 4.92. The van der Waals surface area contributed by atoms with Crippen molar-refractivity contribution in [3.8, 4) is 11.5 Å². The van der Waals surface area contributed by atoms with Crippen LogP contribution in [0.3, 0.4) is 0 Å². The molecule has 0 atom stereocenters. The number of piperazine rings is 1. The van der Waals surface area contributed by atoms with Crippen LogP contribution >= 0.6 is 15.9 Å². The first kappa shape index (κ1) is 24.2.